The van der Waals surface area contributed by atoms with Crippen LogP contribution in [0, 0.1) is 17.7 Å². The SMILES string of the molecule is CC1CCN(CC(O)c2ccccc2F)CC1C. The summed E-state index contributed by atoms with van der Waals surface area (Å²) in [5, 5.41) is 10.1. The molecule has 0 aliphatic carbocycles. The summed E-state index contributed by atoms with van der Waals surface area (Å²) in [6.07, 6.45) is 0.428. The summed E-state index contributed by atoms with van der Waals surface area (Å²) >= 11 is 0. The summed E-state index contributed by atoms with van der Waals surface area (Å²) in [6.45, 7) is 7.03. The van der Waals surface area contributed by atoms with E-state index >= 15 is 0 Å². The van der Waals surface area contributed by atoms with Crippen molar-refractivity contribution in [2.75, 3.05) is 19.6 Å². The monoisotopic (exact) mass is 251 g/mol. The largest absolute Gasteiger partial charge is 0.387 e. The van der Waals surface area contributed by atoms with Gasteiger partial charge in [-0.25, -0.2) is 4.39 Å². The molecule has 2 rings (SSSR count). The summed E-state index contributed by atoms with van der Waals surface area (Å²) in [6, 6.07) is 6.48. The van der Waals surface area contributed by atoms with Gasteiger partial charge in [-0.2, -0.15) is 0 Å². The molecule has 0 spiro atoms. The number of benzene rings is 1. The average molecular weight is 251 g/mol. The molecule has 1 aliphatic rings. The summed E-state index contributed by atoms with van der Waals surface area (Å²) in [7, 11) is 0. The lowest BCUT2D eigenvalue weighted by atomic mass is 9.88. The molecule has 1 saturated heterocycles. The molecule has 3 atom stereocenters. The van der Waals surface area contributed by atoms with Crippen LogP contribution in [0.5, 0.6) is 0 Å². The van der Waals surface area contributed by atoms with E-state index < -0.39 is 6.10 Å². The standard InChI is InChI=1S/C15H22FNO/c1-11-7-8-17(9-12(11)2)10-15(18)13-5-3-4-6-14(13)16/h3-6,11-12,15,18H,7-10H2,1-2H3. The van der Waals surface area contributed by atoms with Gasteiger partial charge in [-0.1, -0.05) is 32.0 Å². The van der Waals surface area contributed by atoms with Gasteiger partial charge in [-0.05, 0) is 30.9 Å². The van der Waals surface area contributed by atoms with Gasteiger partial charge in [0.1, 0.15) is 5.82 Å². The number of β-amino-alcohol motifs (C(OH)–C–C–N with tert-alkyl or cyclic N) is 1. The number of aliphatic hydroxyl groups is 1. The fraction of sp³-hybridized carbons (Fsp3) is 0.600. The Morgan fingerprint density at radius 2 is 2.06 bits per heavy atom. The molecule has 0 aromatic heterocycles. The van der Waals surface area contributed by atoms with Crippen LogP contribution < -0.4 is 0 Å². The minimum Gasteiger partial charge on any atom is -0.387 e. The maximum Gasteiger partial charge on any atom is 0.129 e. The number of aliphatic hydroxyl groups excluding tert-OH is 1. The maximum atomic E-state index is 13.6. The minimum absolute atomic E-state index is 0.316. The maximum absolute atomic E-state index is 13.6. The number of hydrogen-bond donors (Lipinski definition) is 1. The Labute approximate surface area is 108 Å². The normalized spacial score (nSPS) is 27.1. The molecule has 1 aromatic rings. The van der Waals surface area contributed by atoms with Crippen molar-refractivity contribution in [2.45, 2.75) is 26.4 Å². The van der Waals surface area contributed by atoms with Gasteiger partial charge in [0.05, 0.1) is 6.10 Å². The summed E-state index contributed by atoms with van der Waals surface area (Å²) in [5.74, 6) is 1.07. The molecule has 1 heterocycles. The van der Waals surface area contributed by atoms with E-state index in [1.807, 2.05) is 0 Å². The highest BCUT2D eigenvalue weighted by Gasteiger charge is 2.25. The van der Waals surface area contributed by atoms with Crippen LogP contribution in [0.3, 0.4) is 0 Å². The summed E-state index contributed by atoms with van der Waals surface area (Å²) in [4.78, 5) is 2.24. The Kier molecular flexibility index (Phi) is 4.36. The molecule has 1 fully saturated rings. The second-order valence-electron chi connectivity index (χ2n) is 5.54. The number of rotatable bonds is 3. The predicted molar refractivity (Wildman–Crippen MR) is 70.7 cm³/mol. The molecule has 2 nitrogen and oxygen atoms in total. The lowest BCUT2D eigenvalue weighted by Crippen LogP contribution is -2.40. The molecule has 1 aromatic carbocycles. The highest BCUT2D eigenvalue weighted by atomic mass is 19.1. The van der Waals surface area contributed by atoms with E-state index in [9.17, 15) is 9.50 Å². The van der Waals surface area contributed by atoms with E-state index in [1.165, 1.54) is 6.07 Å². The van der Waals surface area contributed by atoms with Crippen LogP contribution in [0.25, 0.3) is 0 Å². The topological polar surface area (TPSA) is 23.5 Å². The predicted octanol–water partition coefficient (Wildman–Crippen LogP) is 2.84. The van der Waals surface area contributed by atoms with E-state index in [2.05, 4.69) is 18.7 Å². The molecular formula is C15H22FNO. The van der Waals surface area contributed by atoms with Gasteiger partial charge in [0.25, 0.3) is 0 Å². The highest BCUT2D eigenvalue weighted by Crippen LogP contribution is 2.25. The molecule has 1 N–H and O–H groups in total. The van der Waals surface area contributed by atoms with Crippen molar-refractivity contribution in [3.05, 3.63) is 35.6 Å². The van der Waals surface area contributed by atoms with E-state index in [4.69, 9.17) is 0 Å². The van der Waals surface area contributed by atoms with Crippen molar-refractivity contribution in [2.24, 2.45) is 11.8 Å². The van der Waals surface area contributed by atoms with Crippen LogP contribution in [0.2, 0.25) is 0 Å². The Hall–Kier alpha value is -0.930. The van der Waals surface area contributed by atoms with Gasteiger partial charge < -0.3 is 10.0 Å². The first-order valence-electron chi connectivity index (χ1n) is 6.72. The van der Waals surface area contributed by atoms with Crippen LogP contribution in [-0.2, 0) is 0 Å². The molecule has 0 bridgehead atoms. The zero-order valence-electron chi connectivity index (χ0n) is 11.1. The Balaban J connectivity index is 1.96. The zero-order valence-corrected chi connectivity index (χ0v) is 11.1. The first-order valence-corrected chi connectivity index (χ1v) is 6.72. The van der Waals surface area contributed by atoms with Gasteiger partial charge >= 0.3 is 0 Å². The van der Waals surface area contributed by atoms with Gasteiger partial charge in [0.15, 0.2) is 0 Å². The summed E-state index contributed by atoms with van der Waals surface area (Å²) < 4.78 is 13.6. The summed E-state index contributed by atoms with van der Waals surface area (Å²) in [5.41, 5.74) is 0.406. The molecule has 1 aliphatic heterocycles. The number of hydrogen-bond acceptors (Lipinski definition) is 2. The third-order valence-electron chi connectivity index (χ3n) is 4.11. The van der Waals surface area contributed by atoms with E-state index in [1.54, 1.807) is 18.2 Å². The number of likely N-dealkylation sites (tertiary alicyclic amines) is 1. The third-order valence-corrected chi connectivity index (χ3v) is 4.11. The molecular weight excluding hydrogens is 229 g/mol. The molecule has 0 radical (unpaired) electrons. The first-order chi connectivity index (χ1) is 8.58. The zero-order chi connectivity index (χ0) is 13.1. The van der Waals surface area contributed by atoms with Gasteiger partial charge in [0, 0.05) is 18.7 Å². The molecule has 100 valence electrons. The van der Waals surface area contributed by atoms with Crippen molar-refractivity contribution in [3.8, 4) is 0 Å². The van der Waals surface area contributed by atoms with Crippen LogP contribution in [-0.4, -0.2) is 29.6 Å². The number of halogens is 1. The Bertz CT molecular complexity index is 396. The van der Waals surface area contributed by atoms with Gasteiger partial charge in [0.2, 0.25) is 0 Å². The van der Waals surface area contributed by atoms with Crippen molar-refractivity contribution >= 4 is 0 Å². The van der Waals surface area contributed by atoms with Crippen molar-refractivity contribution in [3.63, 3.8) is 0 Å². The second kappa shape index (κ2) is 5.81. The highest BCUT2D eigenvalue weighted by molar-refractivity contribution is 5.20. The van der Waals surface area contributed by atoms with E-state index in [-0.39, 0.29) is 5.82 Å². The van der Waals surface area contributed by atoms with Crippen molar-refractivity contribution < 1.29 is 9.50 Å². The van der Waals surface area contributed by atoms with Crippen LogP contribution in [0.4, 0.5) is 4.39 Å². The molecule has 3 unspecified atom stereocenters. The number of nitrogens with zero attached hydrogens (tertiary/aromatic N) is 1. The van der Waals surface area contributed by atoms with Crippen LogP contribution in [0.15, 0.2) is 24.3 Å². The molecule has 3 heteroatoms. The lowest BCUT2D eigenvalue weighted by Gasteiger charge is -2.36. The van der Waals surface area contributed by atoms with Crippen LogP contribution in [0.1, 0.15) is 31.9 Å². The van der Waals surface area contributed by atoms with Crippen molar-refractivity contribution in [1.29, 1.82) is 0 Å². The smallest absolute Gasteiger partial charge is 0.129 e. The number of piperidine rings is 1. The first kappa shape index (κ1) is 13.5. The fourth-order valence-electron chi connectivity index (χ4n) is 2.60. The lowest BCUT2D eigenvalue weighted by molar-refractivity contribution is 0.0688. The van der Waals surface area contributed by atoms with Crippen LogP contribution >= 0.6 is 0 Å². The third kappa shape index (κ3) is 3.09. The Morgan fingerprint density at radius 3 is 2.72 bits per heavy atom. The average Bonchev–Trinajstić information content (AvgIpc) is 2.34. The quantitative estimate of drug-likeness (QED) is 0.893. The fourth-order valence-corrected chi connectivity index (χ4v) is 2.60. The van der Waals surface area contributed by atoms with E-state index in [0.717, 1.165) is 25.4 Å². The second-order valence-corrected chi connectivity index (χ2v) is 5.54. The van der Waals surface area contributed by atoms with Gasteiger partial charge in [-0.15, -0.1) is 0 Å². The molecule has 0 saturated carbocycles. The molecule has 18 heavy (non-hydrogen) atoms. The minimum atomic E-state index is -0.730. The van der Waals surface area contributed by atoms with Gasteiger partial charge in [-0.3, -0.25) is 0 Å². The molecule has 0 amide bonds. The van der Waals surface area contributed by atoms with E-state index in [0.29, 0.717) is 18.0 Å². The Morgan fingerprint density at radius 1 is 1.33 bits per heavy atom. The van der Waals surface area contributed by atoms with Crippen molar-refractivity contribution in [1.82, 2.24) is 4.90 Å².